The Bertz CT molecular complexity index is 256. The number of hydrogen-bond acceptors (Lipinski definition) is 3. The third-order valence-electron chi connectivity index (χ3n) is 2.74. The summed E-state index contributed by atoms with van der Waals surface area (Å²) in [7, 11) is 0. The molecular weight excluding hydrogens is 224 g/mol. The number of hydrogen-bond donors (Lipinski definition) is 4. The summed E-state index contributed by atoms with van der Waals surface area (Å²) >= 11 is 0. The van der Waals surface area contributed by atoms with E-state index >= 15 is 0 Å². The summed E-state index contributed by atoms with van der Waals surface area (Å²) in [5.74, 6) is -0.379. The van der Waals surface area contributed by atoms with Crippen LogP contribution in [0.25, 0.3) is 0 Å². The lowest BCUT2D eigenvalue weighted by Gasteiger charge is -2.18. The van der Waals surface area contributed by atoms with Crippen molar-refractivity contribution in [1.82, 2.24) is 10.6 Å². The van der Waals surface area contributed by atoms with Gasteiger partial charge in [0.25, 0.3) is 0 Å². The van der Waals surface area contributed by atoms with Gasteiger partial charge in [-0.2, -0.15) is 0 Å². The summed E-state index contributed by atoms with van der Waals surface area (Å²) in [6, 6.07) is -1.56. The molecule has 0 heterocycles. The molecule has 100 valence electrons. The molecule has 2 atom stereocenters. The van der Waals surface area contributed by atoms with Gasteiger partial charge >= 0.3 is 12.0 Å². The van der Waals surface area contributed by atoms with Crippen LogP contribution in [-0.2, 0) is 4.79 Å². The number of nitrogens with one attached hydrogen (secondary N) is 2. The Morgan fingerprint density at radius 3 is 2.24 bits per heavy atom. The standard InChI is InChI=1S/C11H22N2O4/c1-7(2)8(3)6-12-11(17)13-9(4-5-14)10(15)16/h7-9,14H,4-6H2,1-3H3,(H,15,16)(H2,12,13,17)/t8?,9-/m1/s1. The van der Waals surface area contributed by atoms with Crippen LogP contribution in [0.15, 0.2) is 0 Å². The fourth-order valence-electron chi connectivity index (χ4n) is 1.09. The van der Waals surface area contributed by atoms with Crippen LogP contribution in [-0.4, -0.2) is 41.4 Å². The molecular formula is C11H22N2O4. The molecule has 1 unspecified atom stereocenters. The largest absolute Gasteiger partial charge is 0.480 e. The van der Waals surface area contributed by atoms with E-state index in [2.05, 4.69) is 24.5 Å². The first-order chi connectivity index (χ1) is 7.88. The van der Waals surface area contributed by atoms with E-state index in [1.807, 2.05) is 6.92 Å². The minimum absolute atomic E-state index is 0.00247. The topological polar surface area (TPSA) is 98.7 Å². The molecule has 0 saturated heterocycles. The van der Waals surface area contributed by atoms with Gasteiger partial charge in [0.05, 0.1) is 0 Å². The highest BCUT2D eigenvalue weighted by Gasteiger charge is 2.19. The highest BCUT2D eigenvalue weighted by molar-refractivity contribution is 5.82. The minimum atomic E-state index is -1.15. The van der Waals surface area contributed by atoms with Gasteiger partial charge in [0.1, 0.15) is 6.04 Å². The SMILES string of the molecule is CC(C)C(C)CNC(=O)N[C@H](CCO)C(=O)O. The molecule has 4 N–H and O–H groups in total. The molecule has 0 aliphatic carbocycles. The molecule has 0 aromatic heterocycles. The van der Waals surface area contributed by atoms with Crippen molar-refractivity contribution in [2.75, 3.05) is 13.2 Å². The molecule has 0 fully saturated rings. The second-order valence-electron chi connectivity index (χ2n) is 4.48. The first-order valence-electron chi connectivity index (χ1n) is 5.76. The number of carbonyl (C=O) groups is 2. The number of aliphatic hydroxyl groups is 1. The van der Waals surface area contributed by atoms with Crippen LogP contribution >= 0.6 is 0 Å². The summed E-state index contributed by atoms with van der Waals surface area (Å²) in [4.78, 5) is 22.1. The average molecular weight is 246 g/mol. The summed E-state index contributed by atoms with van der Waals surface area (Å²) in [5, 5.41) is 22.3. The van der Waals surface area contributed by atoms with Crippen LogP contribution in [0, 0.1) is 11.8 Å². The molecule has 0 saturated carbocycles. The highest BCUT2D eigenvalue weighted by Crippen LogP contribution is 2.07. The summed E-state index contributed by atoms with van der Waals surface area (Å²) in [6.07, 6.45) is 0.00247. The Kier molecular flexibility index (Phi) is 7.29. The summed E-state index contributed by atoms with van der Waals surface area (Å²) in [5.41, 5.74) is 0. The Balaban J connectivity index is 4.02. The fraction of sp³-hybridized carbons (Fsp3) is 0.818. The number of carboxylic acid groups (broad SMARTS) is 1. The van der Waals surface area contributed by atoms with Gasteiger partial charge < -0.3 is 20.8 Å². The summed E-state index contributed by atoms with van der Waals surface area (Å²) in [6.45, 7) is 6.33. The zero-order valence-corrected chi connectivity index (χ0v) is 10.6. The normalized spacial score (nSPS) is 14.2. The van der Waals surface area contributed by atoms with E-state index in [9.17, 15) is 9.59 Å². The number of aliphatic hydroxyl groups excluding tert-OH is 1. The number of carboxylic acids is 1. The number of rotatable bonds is 7. The van der Waals surface area contributed by atoms with Crippen LogP contribution in [0.3, 0.4) is 0 Å². The van der Waals surface area contributed by atoms with E-state index in [1.54, 1.807) is 0 Å². The van der Waals surface area contributed by atoms with Gasteiger partial charge in [0, 0.05) is 19.6 Å². The number of amides is 2. The molecule has 0 bridgehead atoms. The van der Waals surface area contributed by atoms with Crippen molar-refractivity contribution >= 4 is 12.0 Å². The Morgan fingerprint density at radius 2 is 1.82 bits per heavy atom. The number of carbonyl (C=O) groups excluding carboxylic acids is 1. The zero-order chi connectivity index (χ0) is 13.4. The van der Waals surface area contributed by atoms with Crippen molar-refractivity contribution in [3.63, 3.8) is 0 Å². The average Bonchev–Trinajstić information content (AvgIpc) is 2.24. The maximum Gasteiger partial charge on any atom is 0.326 e. The zero-order valence-electron chi connectivity index (χ0n) is 10.6. The van der Waals surface area contributed by atoms with Crippen molar-refractivity contribution in [2.24, 2.45) is 11.8 Å². The molecule has 0 aromatic carbocycles. The van der Waals surface area contributed by atoms with Gasteiger partial charge in [-0.15, -0.1) is 0 Å². The van der Waals surface area contributed by atoms with Crippen LogP contribution in [0.5, 0.6) is 0 Å². The van der Waals surface area contributed by atoms with Gasteiger partial charge in [0.15, 0.2) is 0 Å². The molecule has 0 aromatic rings. The van der Waals surface area contributed by atoms with E-state index in [-0.39, 0.29) is 13.0 Å². The Hall–Kier alpha value is -1.30. The predicted octanol–water partition coefficient (Wildman–Crippen LogP) is 0.413. The van der Waals surface area contributed by atoms with Gasteiger partial charge in [-0.25, -0.2) is 9.59 Å². The first-order valence-corrected chi connectivity index (χ1v) is 5.76. The monoisotopic (exact) mass is 246 g/mol. The molecule has 0 spiro atoms. The maximum atomic E-state index is 11.4. The molecule has 0 rings (SSSR count). The van der Waals surface area contributed by atoms with Crippen LogP contribution in [0.1, 0.15) is 27.2 Å². The van der Waals surface area contributed by atoms with Gasteiger partial charge in [-0.3, -0.25) is 0 Å². The summed E-state index contributed by atoms with van der Waals surface area (Å²) < 4.78 is 0. The van der Waals surface area contributed by atoms with Crippen molar-refractivity contribution in [1.29, 1.82) is 0 Å². The van der Waals surface area contributed by atoms with E-state index in [0.717, 1.165) is 0 Å². The Morgan fingerprint density at radius 1 is 1.24 bits per heavy atom. The Labute approximate surface area is 101 Å². The maximum absolute atomic E-state index is 11.4. The van der Waals surface area contributed by atoms with E-state index < -0.39 is 18.0 Å². The number of urea groups is 1. The lowest BCUT2D eigenvalue weighted by Crippen LogP contribution is -2.47. The lowest BCUT2D eigenvalue weighted by atomic mass is 9.98. The van der Waals surface area contributed by atoms with Crippen LogP contribution in [0.2, 0.25) is 0 Å². The molecule has 6 nitrogen and oxygen atoms in total. The molecule has 0 radical (unpaired) electrons. The predicted molar refractivity (Wildman–Crippen MR) is 63.7 cm³/mol. The van der Waals surface area contributed by atoms with E-state index in [1.165, 1.54) is 0 Å². The second kappa shape index (κ2) is 7.89. The van der Waals surface area contributed by atoms with Crippen molar-refractivity contribution in [3.8, 4) is 0 Å². The third kappa shape index (κ3) is 6.78. The first kappa shape index (κ1) is 15.7. The van der Waals surface area contributed by atoms with Crippen molar-refractivity contribution in [2.45, 2.75) is 33.2 Å². The molecule has 0 aliphatic rings. The quantitative estimate of drug-likeness (QED) is 0.523. The molecule has 6 heteroatoms. The molecule has 17 heavy (non-hydrogen) atoms. The second-order valence-corrected chi connectivity index (χ2v) is 4.48. The third-order valence-corrected chi connectivity index (χ3v) is 2.74. The highest BCUT2D eigenvalue weighted by atomic mass is 16.4. The lowest BCUT2D eigenvalue weighted by molar-refractivity contribution is -0.139. The van der Waals surface area contributed by atoms with Crippen molar-refractivity contribution in [3.05, 3.63) is 0 Å². The van der Waals surface area contributed by atoms with Gasteiger partial charge in [-0.1, -0.05) is 20.8 Å². The van der Waals surface area contributed by atoms with Gasteiger partial charge in [-0.05, 0) is 11.8 Å². The van der Waals surface area contributed by atoms with Crippen LogP contribution in [0.4, 0.5) is 4.79 Å². The van der Waals surface area contributed by atoms with Gasteiger partial charge in [0.2, 0.25) is 0 Å². The fourth-order valence-corrected chi connectivity index (χ4v) is 1.09. The van der Waals surface area contributed by atoms with Crippen molar-refractivity contribution < 1.29 is 19.8 Å². The number of aliphatic carboxylic acids is 1. The smallest absolute Gasteiger partial charge is 0.326 e. The van der Waals surface area contributed by atoms with Crippen LogP contribution < -0.4 is 10.6 Å². The minimum Gasteiger partial charge on any atom is -0.480 e. The molecule has 2 amide bonds. The molecule has 0 aliphatic heterocycles. The van der Waals surface area contributed by atoms with E-state index in [4.69, 9.17) is 10.2 Å². The van der Waals surface area contributed by atoms with E-state index in [0.29, 0.717) is 18.4 Å².